The summed E-state index contributed by atoms with van der Waals surface area (Å²) in [4.78, 5) is 11.8. The molecule has 1 aromatic rings. The summed E-state index contributed by atoms with van der Waals surface area (Å²) in [5, 5.41) is 2.96. The number of carbonyl (C=O) groups excluding carboxylic acids is 1. The Morgan fingerprint density at radius 3 is 2.00 bits per heavy atom. The fraction of sp³-hybridized carbons (Fsp3) is 0.611. The van der Waals surface area contributed by atoms with Gasteiger partial charge in [-0.05, 0) is 30.7 Å². The third-order valence-electron chi connectivity index (χ3n) is 3.74. The molecule has 3 N–H and O–H groups in total. The highest BCUT2D eigenvalue weighted by atomic mass is 16.1. The van der Waals surface area contributed by atoms with Crippen LogP contribution in [0.5, 0.6) is 0 Å². The Hall–Kier alpha value is -1.51. The van der Waals surface area contributed by atoms with Crippen LogP contribution in [0, 0.1) is 0 Å². The molecule has 0 saturated carbocycles. The van der Waals surface area contributed by atoms with Crippen molar-refractivity contribution in [1.29, 1.82) is 0 Å². The van der Waals surface area contributed by atoms with E-state index in [4.69, 9.17) is 5.73 Å². The first-order valence-corrected chi connectivity index (χ1v) is 8.37. The molecule has 0 aromatic heterocycles. The minimum Gasteiger partial charge on any atom is -0.399 e. The molecule has 0 aliphatic carbocycles. The number of nitrogens with two attached hydrogens (primary N) is 1. The maximum atomic E-state index is 11.8. The zero-order chi connectivity index (χ0) is 15.3. The van der Waals surface area contributed by atoms with E-state index in [1.165, 1.54) is 51.4 Å². The molecule has 1 aromatic carbocycles. The zero-order valence-electron chi connectivity index (χ0n) is 13.4. The van der Waals surface area contributed by atoms with Gasteiger partial charge < -0.3 is 11.1 Å². The molecule has 0 saturated heterocycles. The number of nitrogen functional groups attached to an aromatic ring is 1. The van der Waals surface area contributed by atoms with Gasteiger partial charge in [-0.3, -0.25) is 4.79 Å². The van der Waals surface area contributed by atoms with Crippen molar-refractivity contribution in [3.05, 3.63) is 29.8 Å². The molecule has 0 aliphatic heterocycles. The Bertz CT molecular complexity index is 387. The summed E-state index contributed by atoms with van der Waals surface area (Å²) < 4.78 is 0. The lowest BCUT2D eigenvalue weighted by atomic mass is 10.1. The first-order valence-electron chi connectivity index (χ1n) is 8.37. The van der Waals surface area contributed by atoms with E-state index in [1.807, 2.05) is 0 Å². The van der Waals surface area contributed by atoms with Gasteiger partial charge in [-0.1, -0.05) is 58.3 Å². The van der Waals surface area contributed by atoms with Crippen LogP contribution in [0.15, 0.2) is 24.3 Å². The van der Waals surface area contributed by atoms with Gasteiger partial charge in [-0.2, -0.15) is 0 Å². The molecule has 0 aliphatic rings. The van der Waals surface area contributed by atoms with Crippen molar-refractivity contribution in [2.24, 2.45) is 0 Å². The quantitative estimate of drug-likeness (QED) is 0.464. The molecule has 1 rings (SSSR count). The lowest BCUT2D eigenvalue weighted by molar-refractivity contribution is 0.0953. The van der Waals surface area contributed by atoms with Crippen molar-refractivity contribution in [2.75, 3.05) is 12.3 Å². The van der Waals surface area contributed by atoms with Crippen molar-refractivity contribution in [3.8, 4) is 0 Å². The number of hydrogen-bond acceptors (Lipinski definition) is 2. The van der Waals surface area contributed by atoms with Gasteiger partial charge in [0, 0.05) is 17.8 Å². The normalized spacial score (nSPS) is 10.5. The van der Waals surface area contributed by atoms with E-state index in [1.54, 1.807) is 24.3 Å². The van der Waals surface area contributed by atoms with Crippen LogP contribution in [0.3, 0.4) is 0 Å². The van der Waals surface area contributed by atoms with Crippen molar-refractivity contribution in [3.63, 3.8) is 0 Å². The second kappa shape index (κ2) is 11.2. The number of hydrogen-bond donors (Lipinski definition) is 2. The number of carbonyl (C=O) groups is 1. The highest BCUT2D eigenvalue weighted by Gasteiger charge is 2.03. The molecule has 0 heterocycles. The standard InChI is InChI=1S/C18H30N2O/c1-2-3-4-5-6-7-8-9-10-15-20-18(21)16-11-13-17(19)14-12-16/h11-14H,2-10,15,19H2,1H3,(H,20,21). The highest BCUT2D eigenvalue weighted by Crippen LogP contribution is 2.09. The molecule has 118 valence electrons. The van der Waals surface area contributed by atoms with Gasteiger partial charge in [0.1, 0.15) is 0 Å². The predicted octanol–water partition coefficient (Wildman–Crippen LogP) is 4.53. The van der Waals surface area contributed by atoms with Crippen molar-refractivity contribution < 1.29 is 4.79 Å². The summed E-state index contributed by atoms with van der Waals surface area (Å²) in [6.45, 7) is 3.01. The number of amides is 1. The first kappa shape index (κ1) is 17.5. The minimum atomic E-state index is -0.00503. The maximum Gasteiger partial charge on any atom is 0.251 e. The fourth-order valence-corrected chi connectivity index (χ4v) is 2.37. The predicted molar refractivity (Wildman–Crippen MR) is 90.4 cm³/mol. The average Bonchev–Trinajstić information content (AvgIpc) is 2.49. The van der Waals surface area contributed by atoms with E-state index in [-0.39, 0.29) is 5.91 Å². The average molecular weight is 290 g/mol. The Labute approximate surface area is 129 Å². The topological polar surface area (TPSA) is 55.1 Å². The second-order valence-corrected chi connectivity index (χ2v) is 5.71. The van der Waals surface area contributed by atoms with Gasteiger partial charge in [0.2, 0.25) is 0 Å². The number of benzene rings is 1. The Balaban J connectivity index is 1.96. The fourth-order valence-electron chi connectivity index (χ4n) is 2.37. The van der Waals surface area contributed by atoms with Gasteiger partial charge in [0.25, 0.3) is 5.91 Å². The summed E-state index contributed by atoms with van der Waals surface area (Å²) >= 11 is 0. The van der Waals surface area contributed by atoms with Gasteiger partial charge in [-0.25, -0.2) is 0 Å². The van der Waals surface area contributed by atoms with E-state index in [2.05, 4.69) is 12.2 Å². The minimum absolute atomic E-state index is 0.00503. The zero-order valence-corrected chi connectivity index (χ0v) is 13.4. The van der Waals surface area contributed by atoms with E-state index >= 15 is 0 Å². The summed E-state index contributed by atoms with van der Waals surface area (Å²) in [5.41, 5.74) is 6.97. The largest absolute Gasteiger partial charge is 0.399 e. The molecule has 3 nitrogen and oxygen atoms in total. The molecule has 0 radical (unpaired) electrons. The van der Waals surface area contributed by atoms with Crippen LogP contribution >= 0.6 is 0 Å². The third-order valence-corrected chi connectivity index (χ3v) is 3.74. The summed E-state index contributed by atoms with van der Waals surface area (Å²) in [5.74, 6) is -0.00503. The van der Waals surface area contributed by atoms with E-state index < -0.39 is 0 Å². The number of unbranched alkanes of at least 4 members (excludes halogenated alkanes) is 8. The van der Waals surface area contributed by atoms with Crippen LogP contribution in [0.25, 0.3) is 0 Å². The van der Waals surface area contributed by atoms with E-state index in [0.717, 1.165) is 13.0 Å². The molecule has 0 spiro atoms. The van der Waals surface area contributed by atoms with Crippen LogP contribution in [0.1, 0.15) is 75.1 Å². The Morgan fingerprint density at radius 2 is 1.43 bits per heavy atom. The van der Waals surface area contributed by atoms with Crippen LogP contribution in [-0.2, 0) is 0 Å². The molecule has 21 heavy (non-hydrogen) atoms. The number of anilines is 1. The van der Waals surface area contributed by atoms with Crippen molar-refractivity contribution in [1.82, 2.24) is 5.32 Å². The highest BCUT2D eigenvalue weighted by molar-refractivity contribution is 5.94. The molecule has 0 unspecified atom stereocenters. The van der Waals surface area contributed by atoms with Gasteiger partial charge >= 0.3 is 0 Å². The summed E-state index contributed by atoms with van der Waals surface area (Å²) in [6.07, 6.45) is 11.7. The number of rotatable bonds is 11. The lowest BCUT2D eigenvalue weighted by Gasteiger charge is -2.06. The molecular weight excluding hydrogens is 260 g/mol. The van der Waals surface area contributed by atoms with Crippen LogP contribution in [-0.4, -0.2) is 12.5 Å². The summed E-state index contributed by atoms with van der Waals surface area (Å²) in [6, 6.07) is 7.04. The molecule has 0 bridgehead atoms. The lowest BCUT2D eigenvalue weighted by Crippen LogP contribution is -2.24. The van der Waals surface area contributed by atoms with Crippen LogP contribution in [0.2, 0.25) is 0 Å². The maximum absolute atomic E-state index is 11.8. The SMILES string of the molecule is CCCCCCCCCCCNC(=O)c1ccc(N)cc1. The van der Waals surface area contributed by atoms with E-state index in [0.29, 0.717) is 11.3 Å². The van der Waals surface area contributed by atoms with Gasteiger partial charge in [-0.15, -0.1) is 0 Å². The molecule has 0 fully saturated rings. The molecular formula is C18H30N2O. The van der Waals surface area contributed by atoms with Crippen molar-refractivity contribution >= 4 is 11.6 Å². The Kier molecular flexibility index (Phi) is 9.34. The molecule has 0 atom stereocenters. The van der Waals surface area contributed by atoms with Crippen molar-refractivity contribution in [2.45, 2.75) is 64.7 Å². The Morgan fingerprint density at radius 1 is 0.905 bits per heavy atom. The summed E-state index contributed by atoms with van der Waals surface area (Å²) in [7, 11) is 0. The third kappa shape index (κ3) is 8.38. The monoisotopic (exact) mass is 290 g/mol. The van der Waals surface area contributed by atoms with Crippen LogP contribution in [0.4, 0.5) is 5.69 Å². The van der Waals surface area contributed by atoms with Gasteiger partial charge in [0.05, 0.1) is 0 Å². The molecule has 1 amide bonds. The second-order valence-electron chi connectivity index (χ2n) is 5.71. The van der Waals surface area contributed by atoms with Gasteiger partial charge in [0.15, 0.2) is 0 Å². The number of nitrogens with one attached hydrogen (secondary N) is 1. The molecule has 3 heteroatoms. The van der Waals surface area contributed by atoms with Crippen LogP contribution < -0.4 is 11.1 Å². The first-order chi connectivity index (χ1) is 10.2. The van der Waals surface area contributed by atoms with E-state index in [9.17, 15) is 4.79 Å². The smallest absolute Gasteiger partial charge is 0.251 e.